The topological polar surface area (TPSA) is 57.5 Å². The fourth-order valence-electron chi connectivity index (χ4n) is 3.49. The Labute approximate surface area is 172 Å². The molecule has 0 radical (unpaired) electrons. The van der Waals surface area contributed by atoms with Crippen LogP contribution in [0.3, 0.4) is 0 Å². The summed E-state index contributed by atoms with van der Waals surface area (Å²) in [5.74, 6) is 0.452. The number of nitrogens with zero attached hydrogens (tertiary/aromatic N) is 4. The zero-order valence-corrected chi connectivity index (χ0v) is 17.1. The van der Waals surface area contributed by atoms with Crippen LogP contribution in [0.25, 0.3) is 0 Å². The van der Waals surface area contributed by atoms with Crippen molar-refractivity contribution < 1.29 is 13.2 Å². The van der Waals surface area contributed by atoms with Crippen molar-refractivity contribution in [3.05, 3.63) is 46.7 Å². The normalized spacial score (nSPS) is 18.1. The van der Waals surface area contributed by atoms with Crippen molar-refractivity contribution in [2.24, 2.45) is 12.0 Å². The number of hydrogen-bond acceptors (Lipinski definition) is 3. The highest BCUT2D eigenvalue weighted by molar-refractivity contribution is 6.33. The van der Waals surface area contributed by atoms with Gasteiger partial charge >= 0.3 is 6.18 Å². The third kappa shape index (κ3) is 5.35. The van der Waals surface area contributed by atoms with Gasteiger partial charge in [0, 0.05) is 51.5 Å². The number of alkyl halides is 3. The van der Waals surface area contributed by atoms with Gasteiger partial charge in [0.1, 0.15) is 0 Å². The summed E-state index contributed by atoms with van der Waals surface area (Å²) in [6.07, 6.45) is -1.22. The van der Waals surface area contributed by atoms with Crippen LogP contribution < -0.4 is 15.5 Å². The summed E-state index contributed by atoms with van der Waals surface area (Å²) in [7, 11) is 3.06. The second-order valence-corrected chi connectivity index (χ2v) is 7.39. The number of aromatic nitrogens is 2. The first kappa shape index (κ1) is 21.3. The molecule has 0 aliphatic carbocycles. The lowest BCUT2D eigenvalue weighted by Gasteiger charge is -2.35. The molecule has 0 saturated carbocycles. The van der Waals surface area contributed by atoms with Gasteiger partial charge in [-0.3, -0.25) is 9.67 Å². The number of anilines is 1. The van der Waals surface area contributed by atoms with E-state index in [9.17, 15) is 13.2 Å². The zero-order valence-electron chi connectivity index (χ0n) is 16.3. The van der Waals surface area contributed by atoms with Crippen molar-refractivity contribution in [1.82, 2.24) is 20.4 Å². The molecule has 0 amide bonds. The molecule has 158 valence electrons. The maximum absolute atomic E-state index is 13.1. The van der Waals surface area contributed by atoms with Crippen LogP contribution in [0.2, 0.25) is 5.02 Å². The molecule has 1 fully saturated rings. The number of aliphatic imine (C=N–C) groups is 1. The first-order valence-electron chi connectivity index (χ1n) is 9.34. The monoisotopic (exact) mass is 428 g/mol. The molecule has 1 aliphatic rings. The zero-order chi connectivity index (χ0) is 21.0. The lowest BCUT2D eigenvalue weighted by Crippen LogP contribution is -2.51. The van der Waals surface area contributed by atoms with Crippen LogP contribution in [-0.4, -0.2) is 41.9 Å². The summed E-state index contributed by atoms with van der Waals surface area (Å²) >= 11 is 6.31. The molecule has 1 aliphatic heterocycles. The summed E-state index contributed by atoms with van der Waals surface area (Å²) in [5, 5.41) is 10.5. The average molecular weight is 429 g/mol. The molecule has 10 heteroatoms. The van der Waals surface area contributed by atoms with E-state index in [0.717, 1.165) is 31.6 Å². The second kappa shape index (κ2) is 8.94. The minimum atomic E-state index is -4.49. The highest BCUT2D eigenvalue weighted by Crippen LogP contribution is 2.30. The van der Waals surface area contributed by atoms with Gasteiger partial charge in [-0.2, -0.15) is 18.3 Å². The van der Waals surface area contributed by atoms with Gasteiger partial charge in [-0.05, 0) is 25.0 Å². The molecule has 1 aromatic heterocycles. The Hall–Kier alpha value is -2.42. The summed E-state index contributed by atoms with van der Waals surface area (Å²) in [4.78, 5) is 6.36. The summed E-state index contributed by atoms with van der Waals surface area (Å²) in [5.41, 5.74) is 0.170. The van der Waals surface area contributed by atoms with Crippen LogP contribution in [0.4, 0.5) is 18.9 Å². The number of rotatable bonds is 4. The first-order valence-corrected chi connectivity index (χ1v) is 9.72. The van der Waals surface area contributed by atoms with Gasteiger partial charge in [-0.15, -0.1) is 0 Å². The maximum Gasteiger partial charge on any atom is 0.435 e. The van der Waals surface area contributed by atoms with Crippen molar-refractivity contribution in [2.75, 3.05) is 25.0 Å². The average Bonchev–Trinajstić information content (AvgIpc) is 3.07. The fraction of sp³-hybridized carbons (Fsp3) is 0.474. The molecule has 1 aromatic carbocycles. The number of para-hydroxylation sites is 1. The highest BCUT2D eigenvalue weighted by Gasteiger charge is 2.36. The van der Waals surface area contributed by atoms with Crippen LogP contribution in [-0.2, 0) is 19.8 Å². The number of halogens is 4. The molecule has 1 atom stereocenters. The number of aryl methyl sites for hydroxylation is 1. The molecular weight excluding hydrogens is 405 g/mol. The van der Waals surface area contributed by atoms with E-state index < -0.39 is 11.9 Å². The number of hydrogen-bond donors (Lipinski definition) is 2. The Morgan fingerprint density at radius 3 is 2.79 bits per heavy atom. The Balaban J connectivity index is 1.61. The van der Waals surface area contributed by atoms with Gasteiger partial charge in [0.05, 0.1) is 10.7 Å². The SMILES string of the molecule is CN=C(NCc1cn(C)nc1C(F)(F)F)NC1CCCN(c2ccccc2Cl)C1. The van der Waals surface area contributed by atoms with E-state index >= 15 is 0 Å². The molecule has 2 aromatic rings. The van der Waals surface area contributed by atoms with Crippen LogP contribution in [0.15, 0.2) is 35.5 Å². The number of piperidine rings is 1. The fourth-order valence-corrected chi connectivity index (χ4v) is 3.75. The van der Waals surface area contributed by atoms with Crippen LogP contribution in [0.5, 0.6) is 0 Å². The molecule has 0 spiro atoms. The van der Waals surface area contributed by atoms with Gasteiger partial charge in [0.2, 0.25) is 0 Å². The molecular formula is C19H24ClF3N6. The highest BCUT2D eigenvalue weighted by atomic mass is 35.5. The third-order valence-corrected chi connectivity index (χ3v) is 5.12. The molecule has 29 heavy (non-hydrogen) atoms. The van der Waals surface area contributed by atoms with E-state index in [-0.39, 0.29) is 18.2 Å². The van der Waals surface area contributed by atoms with Gasteiger partial charge in [0.15, 0.2) is 11.7 Å². The Morgan fingerprint density at radius 1 is 1.34 bits per heavy atom. The second-order valence-electron chi connectivity index (χ2n) is 6.98. The van der Waals surface area contributed by atoms with Crippen molar-refractivity contribution in [2.45, 2.75) is 31.6 Å². The predicted octanol–water partition coefficient (Wildman–Crippen LogP) is 3.43. The maximum atomic E-state index is 13.1. The first-order chi connectivity index (χ1) is 13.8. The largest absolute Gasteiger partial charge is 0.435 e. The molecule has 0 bridgehead atoms. The van der Waals surface area contributed by atoms with Crippen molar-refractivity contribution in [1.29, 1.82) is 0 Å². The summed E-state index contributed by atoms with van der Waals surface area (Å²) in [6, 6.07) is 7.79. The quantitative estimate of drug-likeness (QED) is 0.578. The molecule has 1 saturated heterocycles. The molecule has 6 nitrogen and oxygen atoms in total. The van der Waals surface area contributed by atoms with Gasteiger partial charge in [0.25, 0.3) is 0 Å². The van der Waals surface area contributed by atoms with Crippen molar-refractivity contribution in [3.8, 4) is 0 Å². The summed E-state index contributed by atoms with van der Waals surface area (Å²) < 4.78 is 40.5. The van der Waals surface area contributed by atoms with E-state index in [2.05, 4.69) is 25.6 Å². The van der Waals surface area contributed by atoms with Crippen molar-refractivity contribution >= 4 is 23.2 Å². The minimum Gasteiger partial charge on any atom is -0.368 e. The Bertz CT molecular complexity index is 864. The standard InChI is InChI=1S/C19H24ClF3N6/c1-24-18(25-10-13-11-28(2)27-17(13)19(21,22)23)26-14-6-5-9-29(12-14)16-8-4-3-7-15(16)20/h3-4,7-8,11,14H,5-6,9-10,12H2,1-2H3,(H2,24,25,26). The van der Waals surface area contributed by atoms with Gasteiger partial charge < -0.3 is 15.5 Å². The van der Waals surface area contributed by atoms with E-state index in [1.807, 2.05) is 24.3 Å². The lowest BCUT2D eigenvalue weighted by molar-refractivity contribution is -0.142. The van der Waals surface area contributed by atoms with Gasteiger partial charge in [-0.25, -0.2) is 0 Å². The smallest absolute Gasteiger partial charge is 0.368 e. The van der Waals surface area contributed by atoms with E-state index in [4.69, 9.17) is 11.6 Å². The van der Waals surface area contributed by atoms with Crippen molar-refractivity contribution in [3.63, 3.8) is 0 Å². The predicted molar refractivity (Wildman–Crippen MR) is 108 cm³/mol. The Kier molecular flexibility index (Phi) is 6.56. The third-order valence-electron chi connectivity index (χ3n) is 4.80. The molecule has 1 unspecified atom stereocenters. The summed E-state index contributed by atoms with van der Waals surface area (Å²) in [6.45, 7) is 1.60. The number of guanidine groups is 1. The van der Waals surface area contributed by atoms with E-state index in [1.54, 1.807) is 7.05 Å². The van der Waals surface area contributed by atoms with Crippen LogP contribution >= 0.6 is 11.6 Å². The van der Waals surface area contributed by atoms with Crippen LogP contribution in [0, 0.1) is 0 Å². The number of nitrogens with one attached hydrogen (secondary N) is 2. The Morgan fingerprint density at radius 2 is 2.10 bits per heavy atom. The van der Waals surface area contributed by atoms with Crippen LogP contribution in [0.1, 0.15) is 24.1 Å². The van der Waals surface area contributed by atoms with Gasteiger partial charge in [-0.1, -0.05) is 23.7 Å². The molecule has 2 heterocycles. The van der Waals surface area contributed by atoms with E-state index in [0.29, 0.717) is 11.0 Å². The minimum absolute atomic E-state index is 0.0245. The molecule has 3 rings (SSSR count). The lowest BCUT2D eigenvalue weighted by atomic mass is 10.0. The van der Waals surface area contributed by atoms with E-state index in [1.165, 1.54) is 17.9 Å². The number of benzene rings is 1. The molecule has 2 N–H and O–H groups in total.